The van der Waals surface area contributed by atoms with E-state index in [0.29, 0.717) is 11.5 Å². The van der Waals surface area contributed by atoms with Crippen molar-refractivity contribution in [3.8, 4) is 23.0 Å². The number of alkyl halides is 3. The van der Waals surface area contributed by atoms with Gasteiger partial charge in [-0.2, -0.15) is 13.2 Å². The Morgan fingerprint density at radius 2 is 0.780 bits per heavy atom. The average Bonchev–Trinajstić information content (AvgIpc) is 2.87. The highest BCUT2D eigenvalue weighted by Crippen LogP contribution is 2.56. The van der Waals surface area contributed by atoms with Crippen molar-refractivity contribution in [1.29, 1.82) is 0 Å². The van der Waals surface area contributed by atoms with E-state index in [2.05, 4.69) is 52.0 Å². The molecule has 0 radical (unpaired) electrons. The van der Waals surface area contributed by atoms with Gasteiger partial charge in [-0.15, -0.1) is 0 Å². The van der Waals surface area contributed by atoms with Gasteiger partial charge in [0.15, 0.2) is 0 Å². The van der Waals surface area contributed by atoms with Crippen LogP contribution in [0.5, 0.6) is 23.0 Å². The first-order valence-corrected chi connectivity index (χ1v) is 14.0. The summed E-state index contributed by atoms with van der Waals surface area (Å²) in [5.41, 5.74) is 9.64. The molecule has 214 valence electrons. The Balaban J connectivity index is 0.000000169. The van der Waals surface area contributed by atoms with Crippen LogP contribution in [0.15, 0.2) is 48.5 Å². The zero-order valence-corrected chi connectivity index (χ0v) is 25.3. The molecule has 2 nitrogen and oxygen atoms in total. The number of ether oxygens (including phenoxy) is 2. The summed E-state index contributed by atoms with van der Waals surface area (Å²) in [6.07, 6.45) is -3.43. The van der Waals surface area contributed by atoms with E-state index in [1.807, 2.05) is 27.7 Å². The molecule has 0 atom stereocenters. The van der Waals surface area contributed by atoms with Crippen LogP contribution in [0.3, 0.4) is 0 Å². The molecule has 2 aliphatic heterocycles. The van der Waals surface area contributed by atoms with Gasteiger partial charge in [0.2, 0.25) is 0 Å². The summed E-state index contributed by atoms with van der Waals surface area (Å²) in [4.78, 5) is 0. The lowest BCUT2D eigenvalue weighted by molar-refractivity contribution is -0.174. The summed E-state index contributed by atoms with van der Waals surface area (Å²) in [6, 6.07) is 15.4. The third kappa shape index (κ3) is 4.90. The van der Waals surface area contributed by atoms with Gasteiger partial charge < -0.3 is 9.47 Å². The van der Waals surface area contributed by atoms with Gasteiger partial charge >= 0.3 is 6.18 Å². The highest BCUT2D eigenvalue weighted by molar-refractivity contribution is 5.62. The maximum absolute atomic E-state index is 14.1. The van der Waals surface area contributed by atoms with Gasteiger partial charge in [0.25, 0.3) is 0 Å². The highest BCUT2D eigenvalue weighted by atomic mass is 19.4. The molecule has 4 aromatic rings. The number of halogens is 3. The Labute approximate surface area is 241 Å². The van der Waals surface area contributed by atoms with Crippen molar-refractivity contribution in [2.24, 2.45) is 0 Å². The molecule has 0 spiro atoms. The fourth-order valence-electron chi connectivity index (χ4n) is 5.59. The fourth-order valence-corrected chi connectivity index (χ4v) is 5.59. The normalized spacial score (nSPS) is 14.3. The lowest BCUT2D eigenvalue weighted by Gasteiger charge is -2.39. The predicted molar refractivity (Wildman–Crippen MR) is 159 cm³/mol. The van der Waals surface area contributed by atoms with Crippen molar-refractivity contribution in [3.63, 3.8) is 0 Å². The Hall–Kier alpha value is -3.73. The van der Waals surface area contributed by atoms with Crippen LogP contribution in [0.2, 0.25) is 0 Å². The zero-order valence-electron chi connectivity index (χ0n) is 25.3. The summed E-state index contributed by atoms with van der Waals surface area (Å²) in [5.74, 6) is 2.63. The lowest BCUT2D eigenvalue weighted by atomic mass is 9.72. The smallest absolute Gasteiger partial charge is 0.402 e. The Bertz CT molecular complexity index is 1530. The second-order valence-corrected chi connectivity index (χ2v) is 12.0. The summed E-state index contributed by atoms with van der Waals surface area (Å²) in [7, 11) is 0. The molecule has 6 rings (SSSR count). The predicted octanol–water partition coefficient (Wildman–Crippen LogP) is 10.5. The summed E-state index contributed by atoms with van der Waals surface area (Å²) >= 11 is 0. The van der Waals surface area contributed by atoms with E-state index in [-0.39, 0.29) is 11.1 Å². The molecule has 2 heterocycles. The molecule has 0 aliphatic carbocycles. The van der Waals surface area contributed by atoms with E-state index in [1.54, 1.807) is 24.3 Å². The molecule has 2 aliphatic rings. The maximum atomic E-state index is 14.1. The molecule has 0 aromatic heterocycles. The quantitative estimate of drug-likeness (QED) is 0.188. The van der Waals surface area contributed by atoms with Crippen LogP contribution < -0.4 is 9.47 Å². The van der Waals surface area contributed by atoms with E-state index in [4.69, 9.17) is 9.47 Å². The number of hydrogen-bond donors (Lipinski definition) is 0. The molecule has 0 saturated heterocycles. The van der Waals surface area contributed by atoms with Gasteiger partial charge in [-0.3, -0.25) is 0 Å². The summed E-state index contributed by atoms with van der Waals surface area (Å²) < 4.78 is 54.2. The Morgan fingerprint density at radius 3 is 1.15 bits per heavy atom. The fraction of sp³-hybridized carbons (Fsp3) is 0.333. The van der Waals surface area contributed by atoms with Crippen molar-refractivity contribution in [2.75, 3.05) is 0 Å². The number of hydrogen-bond acceptors (Lipinski definition) is 2. The molecule has 5 heteroatoms. The number of fused-ring (bicyclic) bond motifs is 4. The number of benzene rings is 4. The first-order chi connectivity index (χ1) is 19.1. The monoisotopic (exact) mass is 558 g/mol. The third-order valence-corrected chi connectivity index (χ3v) is 9.01. The van der Waals surface area contributed by atoms with Crippen LogP contribution in [0.25, 0.3) is 0 Å². The molecule has 0 saturated carbocycles. The van der Waals surface area contributed by atoms with E-state index < -0.39 is 11.6 Å². The molecule has 41 heavy (non-hydrogen) atoms. The van der Waals surface area contributed by atoms with Crippen LogP contribution in [0.4, 0.5) is 13.2 Å². The lowest BCUT2D eigenvalue weighted by Crippen LogP contribution is -2.42. The third-order valence-electron chi connectivity index (χ3n) is 9.01. The van der Waals surface area contributed by atoms with Crippen molar-refractivity contribution in [1.82, 2.24) is 0 Å². The molecular formula is C36H37F3O2. The van der Waals surface area contributed by atoms with Crippen LogP contribution in [0.1, 0.15) is 73.7 Å². The van der Waals surface area contributed by atoms with Crippen LogP contribution in [0, 0.1) is 55.4 Å². The summed E-state index contributed by atoms with van der Waals surface area (Å²) in [5, 5.41) is 0. The van der Waals surface area contributed by atoms with Crippen molar-refractivity contribution in [3.05, 3.63) is 115 Å². The van der Waals surface area contributed by atoms with E-state index in [0.717, 1.165) is 40.2 Å². The first kappa shape index (κ1) is 28.8. The second-order valence-electron chi connectivity index (χ2n) is 12.0. The first-order valence-electron chi connectivity index (χ1n) is 14.0. The van der Waals surface area contributed by atoms with Crippen LogP contribution in [-0.4, -0.2) is 6.18 Å². The van der Waals surface area contributed by atoms with E-state index in [1.165, 1.54) is 40.3 Å². The van der Waals surface area contributed by atoms with Crippen molar-refractivity contribution in [2.45, 2.75) is 80.3 Å². The molecule has 0 N–H and O–H groups in total. The van der Waals surface area contributed by atoms with Gasteiger partial charge in [0, 0.05) is 17.5 Å². The van der Waals surface area contributed by atoms with E-state index in [9.17, 15) is 13.2 Å². The SMILES string of the molecule is Cc1cc2c(cc1C)C(C)(C(F)(F)F)c1cc(C)c(C)cc1O2.Cc1cc2c(cc1C)Oc1cc(C)c(C)cc1C2. The molecule has 0 fully saturated rings. The minimum absolute atomic E-state index is 0.184. The highest BCUT2D eigenvalue weighted by Gasteiger charge is 2.57. The molecule has 4 aromatic carbocycles. The maximum Gasteiger partial charge on any atom is 0.402 e. The molecule has 0 unspecified atom stereocenters. The minimum atomic E-state index is -4.41. The molecule has 0 amide bonds. The largest absolute Gasteiger partial charge is 0.457 e. The summed E-state index contributed by atoms with van der Waals surface area (Å²) in [6.45, 7) is 17.2. The second kappa shape index (κ2) is 9.97. The minimum Gasteiger partial charge on any atom is -0.457 e. The van der Waals surface area contributed by atoms with E-state index >= 15 is 0 Å². The Morgan fingerprint density at radius 1 is 0.488 bits per heavy atom. The van der Waals surface area contributed by atoms with Gasteiger partial charge in [-0.1, -0.05) is 24.3 Å². The van der Waals surface area contributed by atoms with Crippen LogP contribution >= 0.6 is 0 Å². The number of rotatable bonds is 0. The topological polar surface area (TPSA) is 18.5 Å². The molecular weight excluding hydrogens is 521 g/mol. The Kier molecular flexibility index (Phi) is 7.00. The van der Waals surface area contributed by atoms with Crippen LogP contribution in [-0.2, 0) is 11.8 Å². The average molecular weight is 559 g/mol. The standard InChI is InChI=1S/C19H19F3O.C17H18O/c1-10-6-14-16(8-12(10)3)23-17-9-13(4)11(2)7-15(17)18(14,5)19(20,21)22;1-10-5-14-9-15-6-11(2)13(4)8-17(15)18-16(14)7-12(10)3/h6-9H,1-5H3;5-8H,9H2,1-4H3. The molecule has 0 bridgehead atoms. The van der Waals surface area contributed by atoms with Gasteiger partial charge in [0.05, 0.1) is 0 Å². The number of aryl methyl sites for hydroxylation is 8. The van der Waals surface area contributed by atoms with Gasteiger partial charge in [0.1, 0.15) is 28.4 Å². The van der Waals surface area contributed by atoms with Crippen molar-refractivity contribution < 1.29 is 22.6 Å². The van der Waals surface area contributed by atoms with Gasteiger partial charge in [-0.05, 0) is 142 Å². The zero-order chi connectivity index (χ0) is 30.0. The van der Waals surface area contributed by atoms with Crippen molar-refractivity contribution >= 4 is 0 Å². The van der Waals surface area contributed by atoms with Gasteiger partial charge in [-0.25, -0.2) is 0 Å².